The lowest BCUT2D eigenvalue weighted by molar-refractivity contribution is 0.176. The fraction of sp³-hybridized carbons (Fsp3) is 0.583. The number of pyridine rings is 1. The molecule has 1 fully saturated rings. The summed E-state index contributed by atoms with van der Waals surface area (Å²) in [6.07, 6.45) is 9.53. The van der Waals surface area contributed by atoms with Gasteiger partial charge in [0.1, 0.15) is 6.10 Å². The maximum Gasteiger partial charge on any atom is 0.213 e. The lowest BCUT2D eigenvalue weighted by Gasteiger charge is -2.15. The second kappa shape index (κ2) is 5.36. The third-order valence-electron chi connectivity index (χ3n) is 2.79. The van der Waals surface area contributed by atoms with Crippen LogP contribution < -0.4 is 4.74 Å². The molecule has 0 spiro atoms. The van der Waals surface area contributed by atoms with Crippen LogP contribution in [0.4, 0.5) is 0 Å². The van der Waals surface area contributed by atoms with Crippen molar-refractivity contribution in [1.82, 2.24) is 4.98 Å². The Labute approximate surface area is 95.6 Å². The zero-order chi connectivity index (χ0) is 10.5. The number of rotatable bonds is 2. The predicted molar refractivity (Wildman–Crippen MR) is 61.4 cm³/mol. The number of hydrogen-bond acceptors (Lipinski definition) is 2. The van der Waals surface area contributed by atoms with Crippen LogP contribution in [0.25, 0.3) is 0 Å². The third-order valence-corrected chi connectivity index (χ3v) is 3.01. The van der Waals surface area contributed by atoms with Gasteiger partial charge in [-0.3, -0.25) is 0 Å². The Kier molecular flexibility index (Phi) is 3.84. The summed E-state index contributed by atoms with van der Waals surface area (Å²) in [6.45, 7) is 0. The number of hydrogen-bond donors (Lipinski definition) is 0. The highest BCUT2D eigenvalue weighted by molar-refractivity contribution is 6.30. The van der Waals surface area contributed by atoms with Crippen LogP contribution in [0.1, 0.15) is 38.5 Å². The first-order valence-electron chi connectivity index (χ1n) is 5.63. The molecule has 1 aliphatic carbocycles. The molecule has 1 saturated carbocycles. The van der Waals surface area contributed by atoms with Crippen molar-refractivity contribution in [2.24, 2.45) is 0 Å². The van der Waals surface area contributed by atoms with Gasteiger partial charge in [-0.25, -0.2) is 4.98 Å². The van der Waals surface area contributed by atoms with Crippen LogP contribution in [0.3, 0.4) is 0 Å². The maximum atomic E-state index is 5.82. The molecular weight excluding hydrogens is 210 g/mol. The molecular formula is C12H16ClNO. The van der Waals surface area contributed by atoms with Crippen LogP contribution >= 0.6 is 11.6 Å². The highest BCUT2D eigenvalue weighted by atomic mass is 35.5. The van der Waals surface area contributed by atoms with E-state index in [1.807, 2.05) is 12.1 Å². The SMILES string of the molecule is Clc1ccc(OC2CCCCCC2)nc1. The molecule has 0 N–H and O–H groups in total. The molecule has 0 saturated heterocycles. The number of ether oxygens (including phenoxy) is 1. The molecule has 0 atom stereocenters. The van der Waals surface area contributed by atoms with Crippen molar-refractivity contribution in [2.75, 3.05) is 0 Å². The Bertz CT molecular complexity index is 291. The first kappa shape index (κ1) is 10.7. The molecule has 15 heavy (non-hydrogen) atoms. The molecule has 0 radical (unpaired) electrons. The van der Waals surface area contributed by atoms with Gasteiger partial charge in [-0.05, 0) is 31.7 Å². The first-order valence-corrected chi connectivity index (χ1v) is 6.00. The predicted octanol–water partition coefficient (Wildman–Crippen LogP) is 3.84. The van der Waals surface area contributed by atoms with E-state index in [9.17, 15) is 0 Å². The van der Waals surface area contributed by atoms with Crippen LogP contribution in [0.2, 0.25) is 5.02 Å². The molecule has 1 aromatic heterocycles. The van der Waals surface area contributed by atoms with Crippen LogP contribution in [0, 0.1) is 0 Å². The molecule has 2 rings (SSSR count). The Morgan fingerprint density at radius 1 is 1.13 bits per heavy atom. The van der Waals surface area contributed by atoms with Crippen molar-refractivity contribution in [3.05, 3.63) is 23.4 Å². The minimum absolute atomic E-state index is 0.348. The van der Waals surface area contributed by atoms with E-state index in [0.717, 1.165) is 12.8 Å². The van der Waals surface area contributed by atoms with E-state index >= 15 is 0 Å². The minimum Gasteiger partial charge on any atom is -0.474 e. The molecule has 0 amide bonds. The second-order valence-corrected chi connectivity index (χ2v) is 4.48. The van der Waals surface area contributed by atoms with Gasteiger partial charge < -0.3 is 4.74 Å². The van der Waals surface area contributed by atoms with Gasteiger partial charge in [-0.1, -0.05) is 24.4 Å². The van der Waals surface area contributed by atoms with E-state index in [1.54, 1.807) is 6.20 Å². The maximum absolute atomic E-state index is 5.82. The first-order chi connectivity index (χ1) is 7.34. The van der Waals surface area contributed by atoms with Gasteiger partial charge in [0.25, 0.3) is 0 Å². The minimum atomic E-state index is 0.348. The monoisotopic (exact) mass is 225 g/mol. The van der Waals surface area contributed by atoms with Gasteiger partial charge in [0, 0.05) is 12.3 Å². The van der Waals surface area contributed by atoms with Crippen LogP contribution in [-0.4, -0.2) is 11.1 Å². The smallest absolute Gasteiger partial charge is 0.213 e. The largest absolute Gasteiger partial charge is 0.474 e. The molecule has 0 aromatic carbocycles. The molecule has 3 heteroatoms. The number of halogens is 1. The normalized spacial score (nSPS) is 18.5. The number of aromatic nitrogens is 1. The van der Waals surface area contributed by atoms with E-state index in [-0.39, 0.29) is 0 Å². The van der Waals surface area contributed by atoms with Gasteiger partial charge in [0.15, 0.2) is 0 Å². The summed E-state index contributed by atoms with van der Waals surface area (Å²) in [7, 11) is 0. The quantitative estimate of drug-likeness (QED) is 0.714. The van der Waals surface area contributed by atoms with E-state index in [4.69, 9.17) is 16.3 Å². The summed E-state index contributed by atoms with van der Waals surface area (Å²) in [4.78, 5) is 4.15. The second-order valence-electron chi connectivity index (χ2n) is 4.05. The van der Waals surface area contributed by atoms with Gasteiger partial charge in [0.2, 0.25) is 5.88 Å². The fourth-order valence-corrected chi connectivity index (χ4v) is 2.07. The lowest BCUT2D eigenvalue weighted by atomic mass is 10.1. The van der Waals surface area contributed by atoms with Crippen LogP contribution in [-0.2, 0) is 0 Å². The summed E-state index contributed by atoms with van der Waals surface area (Å²) >= 11 is 5.76. The van der Waals surface area contributed by atoms with Crippen molar-refractivity contribution in [3.8, 4) is 5.88 Å². The highest BCUT2D eigenvalue weighted by Crippen LogP contribution is 2.22. The Balaban J connectivity index is 1.92. The molecule has 0 aliphatic heterocycles. The Morgan fingerprint density at radius 3 is 2.47 bits per heavy atom. The van der Waals surface area contributed by atoms with Crippen molar-refractivity contribution >= 4 is 11.6 Å². The summed E-state index contributed by atoms with van der Waals surface area (Å²) in [5.41, 5.74) is 0. The van der Waals surface area contributed by atoms with Gasteiger partial charge in [0.05, 0.1) is 5.02 Å². The molecule has 82 valence electrons. The average molecular weight is 226 g/mol. The lowest BCUT2D eigenvalue weighted by Crippen LogP contribution is -2.15. The van der Waals surface area contributed by atoms with Crippen molar-refractivity contribution < 1.29 is 4.74 Å². The van der Waals surface area contributed by atoms with Gasteiger partial charge >= 0.3 is 0 Å². The Morgan fingerprint density at radius 2 is 1.87 bits per heavy atom. The summed E-state index contributed by atoms with van der Waals surface area (Å²) in [6, 6.07) is 3.66. The van der Waals surface area contributed by atoms with E-state index in [1.165, 1.54) is 25.7 Å². The summed E-state index contributed by atoms with van der Waals surface area (Å²) in [5.74, 6) is 0.700. The van der Waals surface area contributed by atoms with Gasteiger partial charge in [-0.15, -0.1) is 0 Å². The third kappa shape index (κ3) is 3.38. The van der Waals surface area contributed by atoms with E-state index < -0.39 is 0 Å². The van der Waals surface area contributed by atoms with E-state index in [2.05, 4.69) is 4.98 Å². The van der Waals surface area contributed by atoms with E-state index in [0.29, 0.717) is 17.0 Å². The number of nitrogens with zero attached hydrogens (tertiary/aromatic N) is 1. The topological polar surface area (TPSA) is 22.1 Å². The average Bonchev–Trinajstić information content (AvgIpc) is 2.50. The highest BCUT2D eigenvalue weighted by Gasteiger charge is 2.13. The fourth-order valence-electron chi connectivity index (χ4n) is 1.96. The van der Waals surface area contributed by atoms with Gasteiger partial charge in [-0.2, -0.15) is 0 Å². The van der Waals surface area contributed by atoms with Crippen molar-refractivity contribution in [3.63, 3.8) is 0 Å². The zero-order valence-electron chi connectivity index (χ0n) is 8.79. The summed E-state index contributed by atoms with van der Waals surface area (Å²) in [5, 5.41) is 0.656. The molecule has 0 unspecified atom stereocenters. The molecule has 1 heterocycles. The van der Waals surface area contributed by atoms with Crippen molar-refractivity contribution in [2.45, 2.75) is 44.6 Å². The Hall–Kier alpha value is -0.760. The molecule has 0 bridgehead atoms. The van der Waals surface area contributed by atoms with Crippen LogP contribution in [0.5, 0.6) is 5.88 Å². The standard InChI is InChI=1S/C12H16ClNO/c13-10-7-8-12(14-9-10)15-11-5-3-1-2-4-6-11/h7-9,11H,1-6H2. The summed E-state index contributed by atoms with van der Waals surface area (Å²) < 4.78 is 5.82. The van der Waals surface area contributed by atoms with Crippen LogP contribution in [0.15, 0.2) is 18.3 Å². The zero-order valence-corrected chi connectivity index (χ0v) is 9.54. The molecule has 1 aliphatic rings. The molecule has 2 nitrogen and oxygen atoms in total. The molecule has 1 aromatic rings. The van der Waals surface area contributed by atoms with Crippen molar-refractivity contribution in [1.29, 1.82) is 0 Å².